The predicted octanol–water partition coefficient (Wildman–Crippen LogP) is 4.51. The number of carbonyl (C=O) groups is 1. The second kappa shape index (κ2) is 6.12. The molecule has 0 aromatic heterocycles. The van der Waals surface area contributed by atoms with Gasteiger partial charge in [-0.05, 0) is 52.0 Å². The molecule has 0 N–H and O–H groups in total. The lowest BCUT2D eigenvalue weighted by Crippen LogP contribution is -2.36. The number of nitro benzene ring substituents is 1. The van der Waals surface area contributed by atoms with Crippen molar-refractivity contribution in [2.24, 2.45) is 0 Å². The Morgan fingerprint density at radius 3 is 2.78 bits per heavy atom. The van der Waals surface area contributed by atoms with Gasteiger partial charge in [0.2, 0.25) is 0 Å². The standard InChI is InChI=1S/C17H15BrN2O3/c1-11-8-9-19(15-5-3-2-4-13(11)15)17(21)12-6-7-14(18)16(10-12)20(22)23/h2-7,10-11H,8-9H2,1H3. The zero-order valence-electron chi connectivity index (χ0n) is 12.5. The van der Waals surface area contributed by atoms with E-state index in [9.17, 15) is 14.9 Å². The van der Waals surface area contributed by atoms with Crippen molar-refractivity contribution in [3.05, 3.63) is 68.2 Å². The first-order valence-corrected chi connectivity index (χ1v) is 8.13. The summed E-state index contributed by atoms with van der Waals surface area (Å²) in [5.74, 6) is 0.189. The third kappa shape index (κ3) is 2.86. The van der Waals surface area contributed by atoms with Gasteiger partial charge in [-0.15, -0.1) is 0 Å². The summed E-state index contributed by atoms with van der Waals surface area (Å²) in [5.41, 5.74) is 2.25. The fourth-order valence-corrected chi connectivity index (χ4v) is 3.29. The highest BCUT2D eigenvalue weighted by molar-refractivity contribution is 9.10. The number of amides is 1. The summed E-state index contributed by atoms with van der Waals surface area (Å²) >= 11 is 3.14. The molecule has 5 nitrogen and oxygen atoms in total. The van der Waals surface area contributed by atoms with Gasteiger partial charge in [-0.25, -0.2) is 0 Å². The first-order valence-electron chi connectivity index (χ1n) is 7.33. The maximum atomic E-state index is 12.8. The molecule has 0 saturated heterocycles. The minimum Gasteiger partial charge on any atom is -0.308 e. The van der Waals surface area contributed by atoms with Crippen LogP contribution >= 0.6 is 15.9 Å². The van der Waals surface area contributed by atoms with Gasteiger partial charge in [0.05, 0.1) is 9.40 Å². The summed E-state index contributed by atoms with van der Waals surface area (Å²) < 4.78 is 0.367. The Hall–Kier alpha value is -2.21. The van der Waals surface area contributed by atoms with Crippen LogP contribution in [0.5, 0.6) is 0 Å². The zero-order chi connectivity index (χ0) is 16.6. The van der Waals surface area contributed by atoms with Gasteiger partial charge in [-0.3, -0.25) is 14.9 Å². The Morgan fingerprint density at radius 2 is 2.04 bits per heavy atom. The van der Waals surface area contributed by atoms with Crippen molar-refractivity contribution in [2.45, 2.75) is 19.3 Å². The topological polar surface area (TPSA) is 63.5 Å². The molecule has 6 heteroatoms. The second-order valence-electron chi connectivity index (χ2n) is 5.63. The Morgan fingerprint density at radius 1 is 1.30 bits per heavy atom. The smallest absolute Gasteiger partial charge is 0.284 e. The third-order valence-electron chi connectivity index (χ3n) is 4.18. The van der Waals surface area contributed by atoms with Crippen LogP contribution in [0.25, 0.3) is 0 Å². The van der Waals surface area contributed by atoms with E-state index < -0.39 is 4.92 Å². The number of halogens is 1. The molecule has 23 heavy (non-hydrogen) atoms. The molecule has 0 bridgehead atoms. The zero-order valence-corrected chi connectivity index (χ0v) is 14.1. The molecule has 0 aliphatic carbocycles. The van der Waals surface area contributed by atoms with E-state index in [4.69, 9.17) is 0 Å². The van der Waals surface area contributed by atoms with E-state index in [0.29, 0.717) is 22.5 Å². The highest BCUT2D eigenvalue weighted by Gasteiger charge is 2.28. The lowest BCUT2D eigenvalue weighted by Gasteiger charge is -2.33. The first kappa shape index (κ1) is 15.7. The third-order valence-corrected chi connectivity index (χ3v) is 4.85. The lowest BCUT2D eigenvalue weighted by molar-refractivity contribution is -0.385. The number of para-hydroxylation sites is 1. The highest BCUT2D eigenvalue weighted by atomic mass is 79.9. The van der Waals surface area contributed by atoms with E-state index in [1.807, 2.05) is 24.3 Å². The minimum absolute atomic E-state index is 0.102. The Labute approximate surface area is 142 Å². The minimum atomic E-state index is -0.493. The van der Waals surface area contributed by atoms with E-state index in [0.717, 1.165) is 17.7 Å². The van der Waals surface area contributed by atoms with Gasteiger partial charge >= 0.3 is 0 Å². The van der Waals surface area contributed by atoms with Crippen molar-refractivity contribution in [3.8, 4) is 0 Å². The molecular weight excluding hydrogens is 360 g/mol. The fourth-order valence-electron chi connectivity index (χ4n) is 2.90. The first-order chi connectivity index (χ1) is 11.0. The monoisotopic (exact) mass is 374 g/mol. The molecular formula is C17H15BrN2O3. The number of fused-ring (bicyclic) bond motifs is 1. The summed E-state index contributed by atoms with van der Waals surface area (Å²) in [5, 5.41) is 11.1. The molecule has 0 radical (unpaired) electrons. The maximum absolute atomic E-state index is 12.8. The van der Waals surface area contributed by atoms with E-state index >= 15 is 0 Å². The second-order valence-corrected chi connectivity index (χ2v) is 6.48. The van der Waals surface area contributed by atoms with Gasteiger partial charge in [0.15, 0.2) is 0 Å². The quantitative estimate of drug-likeness (QED) is 0.573. The number of nitrogens with zero attached hydrogens (tertiary/aromatic N) is 2. The largest absolute Gasteiger partial charge is 0.308 e. The van der Waals surface area contributed by atoms with Crippen molar-refractivity contribution in [1.82, 2.24) is 0 Å². The number of nitro groups is 1. The van der Waals surface area contributed by atoms with Crippen LogP contribution < -0.4 is 4.90 Å². The van der Waals surface area contributed by atoms with Crippen LogP contribution in [-0.2, 0) is 0 Å². The van der Waals surface area contributed by atoms with E-state index in [1.165, 1.54) is 6.07 Å². The fraction of sp³-hybridized carbons (Fsp3) is 0.235. The lowest BCUT2D eigenvalue weighted by atomic mass is 9.91. The molecule has 1 aliphatic heterocycles. The van der Waals surface area contributed by atoms with Gasteiger partial charge in [0, 0.05) is 23.9 Å². The predicted molar refractivity (Wildman–Crippen MR) is 91.9 cm³/mol. The summed E-state index contributed by atoms with van der Waals surface area (Å²) in [6.07, 6.45) is 0.876. The van der Waals surface area contributed by atoms with Crippen molar-refractivity contribution in [3.63, 3.8) is 0 Å². The molecule has 2 aromatic carbocycles. The molecule has 1 atom stereocenters. The van der Waals surface area contributed by atoms with Gasteiger partial charge in [-0.1, -0.05) is 25.1 Å². The molecule has 3 rings (SSSR count). The van der Waals surface area contributed by atoms with Crippen molar-refractivity contribution in [2.75, 3.05) is 11.4 Å². The number of carbonyl (C=O) groups excluding carboxylic acids is 1. The maximum Gasteiger partial charge on any atom is 0.284 e. The Kier molecular flexibility index (Phi) is 4.17. The molecule has 2 aromatic rings. The van der Waals surface area contributed by atoms with Gasteiger partial charge < -0.3 is 4.90 Å². The van der Waals surface area contributed by atoms with E-state index in [-0.39, 0.29) is 11.6 Å². The van der Waals surface area contributed by atoms with Crippen LogP contribution in [0, 0.1) is 10.1 Å². The van der Waals surface area contributed by atoms with E-state index in [2.05, 4.69) is 22.9 Å². The average Bonchev–Trinajstić information content (AvgIpc) is 2.55. The average molecular weight is 375 g/mol. The van der Waals surface area contributed by atoms with E-state index in [1.54, 1.807) is 17.0 Å². The Bertz CT molecular complexity index is 791. The number of anilines is 1. The van der Waals surface area contributed by atoms with Crippen LogP contribution in [-0.4, -0.2) is 17.4 Å². The van der Waals surface area contributed by atoms with Crippen molar-refractivity contribution < 1.29 is 9.72 Å². The number of hydrogen-bond donors (Lipinski definition) is 0. The highest BCUT2D eigenvalue weighted by Crippen LogP contribution is 2.36. The van der Waals surface area contributed by atoms with Crippen molar-refractivity contribution >= 4 is 33.2 Å². The van der Waals surface area contributed by atoms with Crippen LogP contribution in [0.1, 0.15) is 35.2 Å². The summed E-state index contributed by atoms with van der Waals surface area (Å²) in [4.78, 5) is 25.1. The molecule has 118 valence electrons. The van der Waals surface area contributed by atoms with Gasteiger partial charge in [0.1, 0.15) is 0 Å². The van der Waals surface area contributed by atoms with Gasteiger partial charge in [-0.2, -0.15) is 0 Å². The number of benzene rings is 2. The molecule has 1 aliphatic rings. The summed E-state index contributed by atoms with van der Waals surface area (Å²) in [6, 6.07) is 12.3. The van der Waals surface area contributed by atoms with Crippen LogP contribution in [0.3, 0.4) is 0 Å². The number of rotatable bonds is 2. The summed E-state index contributed by atoms with van der Waals surface area (Å²) in [7, 11) is 0. The molecule has 1 unspecified atom stereocenters. The summed E-state index contributed by atoms with van der Waals surface area (Å²) in [6.45, 7) is 2.76. The molecule has 0 spiro atoms. The molecule has 0 fully saturated rings. The van der Waals surface area contributed by atoms with Crippen molar-refractivity contribution in [1.29, 1.82) is 0 Å². The van der Waals surface area contributed by atoms with Crippen LogP contribution in [0.2, 0.25) is 0 Å². The molecule has 1 amide bonds. The molecule has 1 heterocycles. The number of hydrogen-bond acceptors (Lipinski definition) is 3. The normalized spacial score (nSPS) is 16.8. The van der Waals surface area contributed by atoms with Gasteiger partial charge in [0.25, 0.3) is 11.6 Å². The molecule has 0 saturated carbocycles. The SMILES string of the molecule is CC1CCN(C(=O)c2ccc(Br)c([N+](=O)[O-])c2)c2ccccc21. The van der Waals surface area contributed by atoms with Crippen LogP contribution in [0.15, 0.2) is 46.9 Å². The Balaban J connectivity index is 2.00. The van der Waals surface area contributed by atoms with Crippen LogP contribution in [0.4, 0.5) is 11.4 Å².